The van der Waals surface area contributed by atoms with Gasteiger partial charge in [-0.2, -0.15) is 5.26 Å². The number of H-pyrrole nitrogens is 1. The number of benzene rings is 4. The first-order valence-electron chi connectivity index (χ1n) is 21.4. The second-order valence-corrected chi connectivity index (χ2v) is 18.6. The number of hydrogen-bond donors (Lipinski definition) is 4. The zero-order valence-electron chi connectivity index (χ0n) is 36.1. The monoisotopic (exact) mass is 899 g/mol. The van der Waals surface area contributed by atoms with Crippen LogP contribution in [0.15, 0.2) is 110 Å². The summed E-state index contributed by atoms with van der Waals surface area (Å²) in [7, 11) is -7.36. The van der Waals surface area contributed by atoms with Gasteiger partial charge in [0.15, 0.2) is 11.4 Å². The van der Waals surface area contributed by atoms with E-state index in [2.05, 4.69) is 31.7 Å². The van der Waals surface area contributed by atoms with Crippen molar-refractivity contribution in [3.05, 3.63) is 107 Å². The van der Waals surface area contributed by atoms with Gasteiger partial charge in [-0.25, -0.2) is 21.5 Å². The lowest BCUT2D eigenvalue weighted by Gasteiger charge is -2.15. The molecular formula is C46H57N7O8S2. The maximum atomic E-state index is 13.6. The highest BCUT2D eigenvalue weighted by Gasteiger charge is 2.22. The Balaban J connectivity index is 1.18. The maximum absolute atomic E-state index is 13.6. The predicted octanol–water partition coefficient (Wildman–Crippen LogP) is 10.9. The Bertz CT molecular complexity index is 2640. The third-order valence-electron chi connectivity index (χ3n) is 10.4. The van der Waals surface area contributed by atoms with E-state index in [0.717, 1.165) is 36.1 Å². The number of aromatic amines is 1. The predicted molar refractivity (Wildman–Crippen MR) is 245 cm³/mol. The number of nitrogens with one attached hydrogen (secondary N) is 3. The fourth-order valence-electron chi connectivity index (χ4n) is 6.91. The minimum absolute atomic E-state index is 0.0718. The van der Waals surface area contributed by atoms with E-state index in [1.807, 2.05) is 6.07 Å². The van der Waals surface area contributed by atoms with Gasteiger partial charge in [-0.05, 0) is 73.5 Å². The SMILES string of the molecule is CCCCCCCCCCCCCCCCOc1cc(NS(=O)(=O)c2cccc(NS(=O)(=O)c3ccc(OC)c(N=Nc4c(C#N)[nH]n(-c5ccccc5)c4=O)c3)c2)c(O)cc1C. The molecule has 0 aliphatic carbocycles. The number of aromatic nitrogens is 2. The van der Waals surface area contributed by atoms with E-state index >= 15 is 0 Å². The number of phenolic OH excluding ortho intramolecular Hbond substituents is 1. The quantitative estimate of drug-likeness (QED) is 0.0235. The molecule has 1 heterocycles. The van der Waals surface area contributed by atoms with Crippen molar-refractivity contribution in [1.82, 2.24) is 9.78 Å². The number of nitrogens with zero attached hydrogens (tertiary/aromatic N) is 4. The summed E-state index contributed by atoms with van der Waals surface area (Å²) in [5, 5.41) is 31.1. The molecule has 0 radical (unpaired) electrons. The molecule has 5 aromatic rings. The molecule has 0 unspecified atom stereocenters. The van der Waals surface area contributed by atoms with Crippen molar-refractivity contribution >= 4 is 42.8 Å². The number of methoxy groups -OCH3 is 1. The Hall–Kier alpha value is -6.12. The summed E-state index contributed by atoms with van der Waals surface area (Å²) >= 11 is 0. The average Bonchev–Trinajstić information content (AvgIpc) is 3.60. The minimum Gasteiger partial charge on any atom is -0.506 e. The summed E-state index contributed by atoms with van der Waals surface area (Å²) < 4.78 is 71.7. The lowest BCUT2D eigenvalue weighted by molar-refractivity contribution is 0.302. The molecule has 0 fully saturated rings. The van der Waals surface area contributed by atoms with Crippen molar-refractivity contribution in [2.75, 3.05) is 23.2 Å². The highest BCUT2D eigenvalue weighted by Crippen LogP contribution is 2.35. The van der Waals surface area contributed by atoms with Gasteiger partial charge in [-0.15, -0.1) is 10.2 Å². The van der Waals surface area contributed by atoms with E-state index in [1.54, 1.807) is 37.3 Å². The van der Waals surface area contributed by atoms with Gasteiger partial charge in [0.05, 0.1) is 40.6 Å². The molecule has 0 saturated carbocycles. The summed E-state index contributed by atoms with van der Waals surface area (Å²) in [6.45, 7) is 4.45. The van der Waals surface area contributed by atoms with E-state index in [-0.39, 0.29) is 49.7 Å². The lowest BCUT2D eigenvalue weighted by Crippen LogP contribution is -2.16. The zero-order chi connectivity index (χ0) is 45.2. The Morgan fingerprint density at radius 3 is 1.98 bits per heavy atom. The van der Waals surface area contributed by atoms with Gasteiger partial charge in [0.25, 0.3) is 25.6 Å². The van der Waals surface area contributed by atoms with Crippen molar-refractivity contribution < 1.29 is 31.4 Å². The smallest absolute Gasteiger partial charge is 0.300 e. The summed E-state index contributed by atoms with van der Waals surface area (Å²) in [6.07, 6.45) is 17.4. The molecule has 0 aliphatic rings. The molecule has 0 saturated heterocycles. The largest absolute Gasteiger partial charge is 0.506 e. The number of nitriles is 1. The van der Waals surface area contributed by atoms with E-state index in [9.17, 15) is 32.0 Å². The first-order valence-corrected chi connectivity index (χ1v) is 24.4. The van der Waals surface area contributed by atoms with Gasteiger partial charge in [0, 0.05) is 6.07 Å². The lowest BCUT2D eigenvalue weighted by atomic mass is 10.0. The fraction of sp³-hybridized carbons (Fsp3) is 0.391. The first kappa shape index (κ1) is 47.9. The zero-order valence-corrected chi connectivity index (χ0v) is 37.7. The van der Waals surface area contributed by atoms with E-state index < -0.39 is 25.6 Å². The van der Waals surface area contributed by atoms with Crippen LogP contribution in [-0.4, -0.2) is 45.4 Å². The van der Waals surface area contributed by atoms with Crippen molar-refractivity contribution in [3.63, 3.8) is 0 Å². The van der Waals surface area contributed by atoms with Gasteiger partial charge in [-0.3, -0.25) is 19.3 Å². The van der Waals surface area contributed by atoms with Gasteiger partial charge in [-0.1, -0.05) is 115 Å². The second-order valence-electron chi connectivity index (χ2n) is 15.3. The van der Waals surface area contributed by atoms with Crippen LogP contribution in [-0.2, 0) is 20.0 Å². The number of hydrogen-bond acceptors (Lipinski definition) is 11. The second kappa shape index (κ2) is 23.4. The molecule has 5 rings (SSSR count). The van der Waals surface area contributed by atoms with Crippen molar-refractivity contribution in [2.45, 2.75) is 114 Å². The van der Waals surface area contributed by atoms with Crippen LogP contribution < -0.4 is 24.5 Å². The average molecular weight is 900 g/mol. The van der Waals surface area contributed by atoms with Crippen LogP contribution in [0.25, 0.3) is 5.69 Å². The first-order chi connectivity index (χ1) is 30.4. The number of unbranched alkanes of at least 4 members (excludes halogenated alkanes) is 13. The van der Waals surface area contributed by atoms with Crippen molar-refractivity contribution in [1.29, 1.82) is 5.26 Å². The molecular weight excluding hydrogens is 843 g/mol. The molecule has 63 heavy (non-hydrogen) atoms. The summed E-state index contributed by atoms with van der Waals surface area (Å²) in [4.78, 5) is 12.6. The third-order valence-corrected chi connectivity index (χ3v) is 13.1. The molecule has 0 bridgehead atoms. The molecule has 4 N–H and O–H groups in total. The van der Waals surface area contributed by atoms with Crippen LogP contribution in [0.2, 0.25) is 0 Å². The van der Waals surface area contributed by atoms with Gasteiger partial charge in [0.1, 0.15) is 29.0 Å². The van der Waals surface area contributed by atoms with Gasteiger partial charge < -0.3 is 14.6 Å². The Kier molecular flexibility index (Phi) is 17.8. The topological polar surface area (TPSA) is 217 Å². The minimum atomic E-state index is -4.36. The maximum Gasteiger partial charge on any atom is 0.300 e. The molecule has 17 heteroatoms. The number of para-hydroxylation sites is 1. The van der Waals surface area contributed by atoms with Crippen LogP contribution in [0.1, 0.15) is 108 Å². The van der Waals surface area contributed by atoms with E-state index in [0.29, 0.717) is 23.6 Å². The Labute approximate surface area is 370 Å². The number of sulfonamides is 2. The third kappa shape index (κ3) is 13.7. The van der Waals surface area contributed by atoms with E-state index in [1.165, 1.54) is 120 Å². The molecule has 0 spiro atoms. The van der Waals surface area contributed by atoms with Gasteiger partial charge >= 0.3 is 0 Å². The number of azo groups is 1. The summed E-state index contributed by atoms with van der Waals surface area (Å²) in [6, 6.07) is 22.2. The van der Waals surface area contributed by atoms with E-state index in [4.69, 9.17) is 9.47 Å². The van der Waals surface area contributed by atoms with Crippen LogP contribution >= 0.6 is 0 Å². The summed E-state index contributed by atoms with van der Waals surface area (Å²) in [5.41, 5.74) is -0.259. The van der Waals surface area contributed by atoms with Crippen molar-refractivity contribution in [2.24, 2.45) is 10.2 Å². The molecule has 0 amide bonds. The molecule has 0 atom stereocenters. The van der Waals surface area contributed by atoms with Crippen molar-refractivity contribution in [3.8, 4) is 29.0 Å². The fourth-order valence-corrected chi connectivity index (χ4v) is 9.09. The number of rotatable bonds is 26. The number of aryl methyl sites for hydroxylation is 1. The number of phenols is 1. The molecule has 1 aromatic heterocycles. The van der Waals surface area contributed by atoms with Crippen LogP contribution in [0.5, 0.6) is 17.2 Å². The molecule has 0 aliphatic heterocycles. The Morgan fingerprint density at radius 1 is 0.730 bits per heavy atom. The molecule has 4 aromatic carbocycles. The normalized spacial score (nSPS) is 11.7. The van der Waals surface area contributed by atoms with Crippen LogP contribution in [0, 0.1) is 18.3 Å². The number of aromatic hydroxyl groups is 1. The highest BCUT2D eigenvalue weighted by molar-refractivity contribution is 7.93. The summed E-state index contributed by atoms with van der Waals surface area (Å²) in [5.74, 6) is 0.256. The molecule has 15 nitrogen and oxygen atoms in total. The van der Waals surface area contributed by atoms with Gasteiger partial charge in [0.2, 0.25) is 0 Å². The Morgan fingerprint density at radius 2 is 1.35 bits per heavy atom. The standard InChI is InChI=1S/C46H57N7O8S2/c1-4-5-6-7-8-9-10-11-12-13-14-15-16-20-28-61-44-32-39(42(54)29-34(44)2)52-63(58,59)37-25-21-22-35(30-37)51-62(56,57)38-26-27-43(60-3)40(31-38)48-49-45-41(33-47)50-53(46(45)55)36-23-18-17-19-24-36/h17-19,21-27,29-32,50-52,54H,4-16,20,28H2,1-3H3. The highest BCUT2D eigenvalue weighted by atomic mass is 32.2. The molecule has 336 valence electrons. The number of anilines is 2. The van der Waals surface area contributed by atoms with Crippen LogP contribution in [0.4, 0.5) is 22.7 Å². The number of ether oxygens (including phenoxy) is 2. The van der Waals surface area contributed by atoms with Crippen LogP contribution in [0.3, 0.4) is 0 Å².